The van der Waals surface area contributed by atoms with E-state index in [0.717, 1.165) is 25.2 Å². The van der Waals surface area contributed by atoms with Crippen molar-refractivity contribution in [3.05, 3.63) is 36.4 Å². The summed E-state index contributed by atoms with van der Waals surface area (Å²) >= 11 is 0. The van der Waals surface area contributed by atoms with Gasteiger partial charge < -0.3 is 14.0 Å². The first-order valence-corrected chi connectivity index (χ1v) is 8.99. The van der Waals surface area contributed by atoms with Crippen LogP contribution in [0.3, 0.4) is 0 Å². The molecular weight excluding hydrogens is 318 g/mol. The highest BCUT2D eigenvalue weighted by Crippen LogP contribution is 2.33. The summed E-state index contributed by atoms with van der Waals surface area (Å²) < 4.78 is 40.1. The summed E-state index contributed by atoms with van der Waals surface area (Å²) in [6.07, 6.45) is 5.47. The van der Waals surface area contributed by atoms with Crippen molar-refractivity contribution in [2.45, 2.75) is 24.3 Å². The number of rotatable bonds is 4. The Morgan fingerprint density at radius 2 is 2.17 bits per heavy atom. The van der Waals surface area contributed by atoms with Gasteiger partial charge in [0.2, 0.25) is 16.8 Å². The molecule has 3 heterocycles. The van der Waals surface area contributed by atoms with Crippen LogP contribution in [0.25, 0.3) is 0 Å². The predicted molar refractivity (Wildman–Crippen MR) is 81.8 cm³/mol. The summed E-state index contributed by atoms with van der Waals surface area (Å²) in [6, 6.07) is 4.65. The smallest absolute Gasteiger partial charge is 0.240 e. The van der Waals surface area contributed by atoms with Crippen LogP contribution in [0.1, 0.15) is 12.2 Å². The molecule has 1 aromatic heterocycles. The molecule has 0 saturated heterocycles. The second-order valence-corrected chi connectivity index (χ2v) is 7.53. The Labute approximate surface area is 134 Å². The third-order valence-corrected chi connectivity index (χ3v) is 5.69. The monoisotopic (exact) mass is 335 g/mol. The molecule has 0 unspecified atom stereocenters. The van der Waals surface area contributed by atoms with Crippen LogP contribution in [0.4, 0.5) is 0 Å². The number of sulfonamides is 1. The van der Waals surface area contributed by atoms with Gasteiger partial charge in [0.15, 0.2) is 11.5 Å². The fourth-order valence-electron chi connectivity index (χ4n) is 2.94. The van der Waals surface area contributed by atoms with Crippen molar-refractivity contribution in [3.8, 4) is 11.5 Å². The van der Waals surface area contributed by atoms with Gasteiger partial charge >= 0.3 is 0 Å². The standard InChI is InChI=1S/C15H17N3O4S/c19-23(20,12-1-2-13-14(8-12)22-10-21-13)17-9-11-3-5-18-6-4-16-15(18)7-11/h1-2,4,6,8,11,17H,3,5,7,9-10H2/t11-/m1/s1. The summed E-state index contributed by atoms with van der Waals surface area (Å²) in [5.41, 5.74) is 0. The highest BCUT2D eigenvalue weighted by atomic mass is 32.2. The van der Waals surface area contributed by atoms with E-state index in [1.165, 1.54) is 12.1 Å². The maximum Gasteiger partial charge on any atom is 0.240 e. The fraction of sp³-hybridized carbons (Fsp3) is 0.400. The lowest BCUT2D eigenvalue weighted by Gasteiger charge is -2.23. The normalized spacial score (nSPS) is 19.6. The topological polar surface area (TPSA) is 82.5 Å². The van der Waals surface area contributed by atoms with E-state index in [0.29, 0.717) is 18.0 Å². The van der Waals surface area contributed by atoms with Crippen LogP contribution in [0.15, 0.2) is 35.5 Å². The highest BCUT2D eigenvalue weighted by Gasteiger charge is 2.23. The Morgan fingerprint density at radius 1 is 1.30 bits per heavy atom. The molecule has 2 aliphatic heterocycles. The number of aryl methyl sites for hydroxylation is 1. The Hall–Kier alpha value is -2.06. The maximum absolute atomic E-state index is 12.4. The average Bonchev–Trinajstić information content (AvgIpc) is 3.20. The lowest BCUT2D eigenvalue weighted by atomic mass is 9.98. The van der Waals surface area contributed by atoms with E-state index < -0.39 is 10.0 Å². The van der Waals surface area contributed by atoms with Gasteiger partial charge in [0.25, 0.3) is 0 Å². The number of nitrogens with zero attached hydrogens (tertiary/aromatic N) is 2. The average molecular weight is 335 g/mol. The van der Waals surface area contributed by atoms with Crippen molar-refractivity contribution >= 4 is 10.0 Å². The van der Waals surface area contributed by atoms with Crippen LogP contribution in [0.5, 0.6) is 11.5 Å². The van der Waals surface area contributed by atoms with Gasteiger partial charge in [-0.1, -0.05) is 0 Å². The molecule has 8 heteroatoms. The van der Waals surface area contributed by atoms with Gasteiger partial charge in [-0.15, -0.1) is 0 Å². The maximum atomic E-state index is 12.4. The molecule has 1 aromatic carbocycles. The Kier molecular flexibility index (Phi) is 3.50. The van der Waals surface area contributed by atoms with E-state index in [-0.39, 0.29) is 17.6 Å². The Morgan fingerprint density at radius 3 is 3.09 bits per heavy atom. The SMILES string of the molecule is O=S(=O)(NC[C@@H]1CCn2ccnc2C1)c1ccc2c(c1)OCO2. The van der Waals surface area contributed by atoms with Gasteiger partial charge in [-0.2, -0.15) is 0 Å². The van der Waals surface area contributed by atoms with Crippen LogP contribution >= 0.6 is 0 Å². The number of hydrogen-bond donors (Lipinski definition) is 1. The number of aromatic nitrogens is 2. The molecule has 2 aromatic rings. The van der Waals surface area contributed by atoms with Gasteiger partial charge in [-0.25, -0.2) is 18.1 Å². The molecule has 2 aliphatic rings. The van der Waals surface area contributed by atoms with Crippen molar-refractivity contribution in [1.29, 1.82) is 0 Å². The van der Waals surface area contributed by atoms with Crippen LogP contribution in [0.2, 0.25) is 0 Å². The lowest BCUT2D eigenvalue weighted by Crippen LogP contribution is -2.33. The van der Waals surface area contributed by atoms with Crippen LogP contribution in [-0.4, -0.2) is 31.3 Å². The summed E-state index contributed by atoms with van der Waals surface area (Å²) in [6.45, 7) is 1.41. The van der Waals surface area contributed by atoms with Crippen molar-refractivity contribution in [3.63, 3.8) is 0 Å². The first-order valence-electron chi connectivity index (χ1n) is 7.51. The van der Waals surface area contributed by atoms with E-state index in [2.05, 4.69) is 14.3 Å². The van der Waals surface area contributed by atoms with E-state index in [1.54, 1.807) is 12.3 Å². The largest absolute Gasteiger partial charge is 0.454 e. The Balaban J connectivity index is 1.44. The first-order chi connectivity index (χ1) is 11.1. The number of hydrogen-bond acceptors (Lipinski definition) is 5. The van der Waals surface area contributed by atoms with Crippen LogP contribution < -0.4 is 14.2 Å². The molecule has 7 nitrogen and oxygen atoms in total. The zero-order chi connectivity index (χ0) is 15.9. The molecule has 0 saturated carbocycles. The van der Waals surface area contributed by atoms with E-state index in [4.69, 9.17) is 9.47 Å². The molecule has 1 atom stereocenters. The van der Waals surface area contributed by atoms with Crippen molar-refractivity contribution in [1.82, 2.24) is 14.3 Å². The molecule has 0 bridgehead atoms. The van der Waals surface area contributed by atoms with E-state index >= 15 is 0 Å². The molecule has 0 amide bonds. The zero-order valence-electron chi connectivity index (χ0n) is 12.4. The fourth-order valence-corrected chi connectivity index (χ4v) is 4.08. The van der Waals surface area contributed by atoms with Gasteiger partial charge in [-0.05, 0) is 24.5 Å². The molecule has 0 spiro atoms. The van der Waals surface area contributed by atoms with Crippen molar-refractivity contribution in [2.24, 2.45) is 5.92 Å². The minimum absolute atomic E-state index is 0.126. The van der Waals surface area contributed by atoms with Crippen molar-refractivity contribution < 1.29 is 17.9 Å². The third kappa shape index (κ3) is 2.79. The number of imidazole rings is 1. The molecule has 1 N–H and O–H groups in total. The molecule has 122 valence electrons. The highest BCUT2D eigenvalue weighted by molar-refractivity contribution is 7.89. The summed E-state index contributed by atoms with van der Waals surface area (Å²) in [4.78, 5) is 4.50. The Bertz CT molecular complexity index is 831. The predicted octanol–water partition coefficient (Wildman–Crippen LogP) is 1.15. The van der Waals surface area contributed by atoms with Gasteiger partial charge in [0.05, 0.1) is 4.90 Å². The summed E-state index contributed by atoms with van der Waals surface area (Å²) in [5.74, 6) is 2.31. The van der Waals surface area contributed by atoms with Gasteiger partial charge in [-0.3, -0.25) is 0 Å². The molecule has 0 fully saturated rings. The second kappa shape index (κ2) is 5.54. The molecule has 0 radical (unpaired) electrons. The second-order valence-electron chi connectivity index (χ2n) is 5.76. The van der Waals surface area contributed by atoms with Gasteiger partial charge in [0.1, 0.15) is 5.82 Å². The molecule has 4 rings (SSSR count). The lowest BCUT2D eigenvalue weighted by molar-refractivity contribution is 0.174. The van der Waals surface area contributed by atoms with Gasteiger partial charge in [0, 0.05) is 38.0 Å². The van der Waals surface area contributed by atoms with Crippen LogP contribution in [-0.2, 0) is 23.0 Å². The number of ether oxygens (including phenoxy) is 2. The molecule has 0 aliphatic carbocycles. The van der Waals surface area contributed by atoms with Crippen molar-refractivity contribution in [2.75, 3.05) is 13.3 Å². The number of benzene rings is 1. The van der Waals surface area contributed by atoms with Crippen LogP contribution in [0, 0.1) is 5.92 Å². The van der Waals surface area contributed by atoms with E-state index in [1.807, 2.05) is 6.20 Å². The molecule has 23 heavy (non-hydrogen) atoms. The third-order valence-electron chi connectivity index (χ3n) is 4.27. The quantitative estimate of drug-likeness (QED) is 0.906. The minimum Gasteiger partial charge on any atom is -0.454 e. The summed E-state index contributed by atoms with van der Waals surface area (Å²) in [7, 11) is -3.56. The van der Waals surface area contributed by atoms with E-state index in [9.17, 15) is 8.42 Å². The zero-order valence-corrected chi connectivity index (χ0v) is 13.3. The first kappa shape index (κ1) is 14.5. The summed E-state index contributed by atoms with van der Waals surface area (Å²) in [5, 5.41) is 0. The minimum atomic E-state index is -3.56. The number of nitrogens with one attached hydrogen (secondary N) is 1. The number of fused-ring (bicyclic) bond motifs is 2. The molecular formula is C15H17N3O4S.